The summed E-state index contributed by atoms with van der Waals surface area (Å²) in [5.41, 5.74) is -0.650. The fourth-order valence-corrected chi connectivity index (χ4v) is 5.05. The van der Waals surface area contributed by atoms with Gasteiger partial charge in [0.05, 0.1) is 23.9 Å². The molecule has 1 aromatic rings. The summed E-state index contributed by atoms with van der Waals surface area (Å²) >= 11 is 1.58. The maximum atomic E-state index is 9.82. The molecular formula is C18H16N4S. The normalized spacial score (nSPS) is 28.7. The van der Waals surface area contributed by atoms with E-state index in [0.29, 0.717) is 0 Å². The molecular weight excluding hydrogens is 304 g/mol. The Kier molecular flexibility index (Phi) is 3.80. The molecule has 4 nitrogen and oxygen atoms in total. The number of aryl methyl sites for hydroxylation is 1. The monoisotopic (exact) mass is 320 g/mol. The second kappa shape index (κ2) is 5.65. The summed E-state index contributed by atoms with van der Waals surface area (Å²) in [6.45, 7) is 2.00. The van der Waals surface area contributed by atoms with Gasteiger partial charge in [-0.25, -0.2) is 0 Å². The van der Waals surface area contributed by atoms with Crippen molar-refractivity contribution in [1.82, 2.24) is 0 Å². The highest BCUT2D eigenvalue weighted by atomic mass is 32.1. The third kappa shape index (κ3) is 2.11. The van der Waals surface area contributed by atoms with E-state index in [1.807, 2.05) is 19.1 Å². The van der Waals surface area contributed by atoms with Gasteiger partial charge in [0, 0.05) is 15.7 Å². The molecule has 1 heterocycles. The molecule has 0 aromatic carbocycles. The third-order valence-electron chi connectivity index (χ3n) is 4.99. The molecule has 0 aliphatic heterocycles. The van der Waals surface area contributed by atoms with Gasteiger partial charge in [0.2, 0.25) is 0 Å². The largest absolute Gasteiger partial charge is 0.305 e. The summed E-state index contributed by atoms with van der Waals surface area (Å²) in [5.74, 6) is -1.09. The maximum Gasteiger partial charge on any atom is 0.190 e. The van der Waals surface area contributed by atoms with E-state index in [9.17, 15) is 15.8 Å². The van der Waals surface area contributed by atoms with Crippen LogP contribution in [0.3, 0.4) is 0 Å². The zero-order valence-electron chi connectivity index (χ0n) is 12.8. The standard InChI is InChI=1S/C18H16N4S/c1-11-6-7-15(23-11)16-13-5-3-2-4-12(13)14(8-19)17(22)18(16,9-20)10-21/h4,6-7,13-14,16,22H,2-3,5H2,1H3/t13-,14+,16-/m1/s1. The Balaban J connectivity index is 2.25. The van der Waals surface area contributed by atoms with Crippen LogP contribution in [-0.4, -0.2) is 5.71 Å². The molecule has 0 bridgehead atoms. The van der Waals surface area contributed by atoms with Crippen molar-refractivity contribution in [2.45, 2.75) is 32.1 Å². The first-order chi connectivity index (χ1) is 11.1. The second-order valence-electron chi connectivity index (χ2n) is 6.18. The average Bonchev–Trinajstić information content (AvgIpc) is 3.00. The van der Waals surface area contributed by atoms with Crippen LogP contribution in [0.15, 0.2) is 23.8 Å². The van der Waals surface area contributed by atoms with E-state index in [1.165, 1.54) is 0 Å². The van der Waals surface area contributed by atoms with E-state index < -0.39 is 11.3 Å². The first-order valence-electron chi connectivity index (χ1n) is 7.66. The van der Waals surface area contributed by atoms with E-state index in [-0.39, 0.29) is 17.5 Å². The van der Waals surface area contributed by atoms with Crippen LogP contribution in [0.4, 0.5) is 0 Å². The molecule has 3 rings (SSSR count). The molecule has 0 spiro atoms. The molecule has 114 valence electrons. The topological polar surface area (TPSA) is 95.2 Å². The summed E-state index contributed by atoms with van der Waals surface area (Å²) in [6, 6.07) is 10.4. The van der Waals surface area contributed by atoms with Gasteiger partial charge < -0.3 is 5.41 Å². The van der Waals surface area contributed by atoms with Crippen LogP contribution in [0.25, 0.3) is 0 Å². The van der Waals surface area contributed by atoms with Crippen molar-refractivity contribution in [1.29, 1.82) is 21.2 Å². The zero-order chi connectivity index (χ0) is 16.6. The highest BCUT2D eigenvalue weighted by molar-refractivity contribution is 7.12. The van der Waals surface area contributed by atoms with Gasteiger partial charge in [0.25, 0.3) is 0 Å². The third-order valence-corrected chi connectivity index (χ3v) is 6.08. The van der Waals surface area contributed by atoms with Crippen LogP contribution in [0.1, 0.15) is 34.9 Å². The molecule has 0 unspecified atom stereocenters. The van der Waals surface area contributed by atoms with Gasteiger partial charge in [-0.15, -0.1) is 11.3 Å². The molecule has 2 aliphatic rings. The number of hydrogen-bond acceptors (Lipinski definition) is 5. The summed E-state index contributed by atoms with van der Waals surface area (Å²) in [6.07, 6.45) is 4.82. The number of rotatable bonds is 1. The molecule has 3 atom stereocenters. The van der Waals surface area contributed by atoms with Crippen molar-refractivity contribution in [3.63, 3.8) is 0 Å². The minimum absolute atomic E-state index is 0.000139. The Morgan fingerprint density at radius 2 is 2.00 bits per heavy atom. The molecule has 1 N–H and O–H groups in total. The van der Waals surface area contributed by atoms with Gasteiger partial charge in [0.15, 0.2) is 5.41 Å². The first kappa shape index (κ1) is 15.5. The number of nitrogens with zero attached hydrogens (tertiary/aromatic N) is 3. The molecule has 1 fully saturated rings. The minimum atomic E-state index is -1.54. The van der Waals surface area contributed by atoms with Crippen molar-refractivity contribution in [3.05, 3.63) is 33.5 Å². The molecule has 1 aromatic heterocycles. The predicted molar refractivity (Wildman–Crippen MR) is 87.7 cm³/mol. The Bertz CT molecular complexity index is 797. The number of allylic oxidation sites excluding steroid dienone is 2. The van der Waals surface area contributed by atoms with Crippen molar-refractivity contribution in [3.8, 4) is 18.2 Å². The second-order valence-corrected chi connectivity index (χ2v) is 7.49. The highest BCUT2D eigenvalue weighted by Crippen LogP contribution is 2.56. The van der Waals surface area contributed by atoms with Gasteiger partial charge in [-0.1, -0.05) is 6.08 Å². The number of thiophene rings is 1. The maximum absolute atomic E-state index is 9.82. The quantitative estimate of drug-likeness (QED) is 0.790. The minimum Gasteiger partial charge on any atom is -0.305 e. The van der Waals surface area contributed by atoms with Gasteiger partial charge in [-0.3, -0.25) is 0 Å². The molecule has 0 amide bonds. The average molecular weight is 320 g/mol. The lowest BCUT2D eigenvalue weighted by molar-refractivity contribution is 0.324. The molecule has 1 saturated carbocycles. The molecule has 0 saturated heterocycles. The summed E-state index contributed by atoms with van der Waals surface area (Å²) in [7, 11) is 0. The van der Waals surface area contributed by atoms with E-state index in [0.717, 1.165) is 34.6 Å². The Labute approximate surface area is 139 Å². The van der Waals surface area contributed by atoms with Gasteiger partial charge in [-0.2, -0.15) is 15.8 Å². The summed E-state index contributed by atoms with van der Waals surface area (Å²) in [4.78, 5) is 2.10. The first-order valence-corrected chi connectivity index (χ1v) is 8.48. The summed E-state index contributed by atoms with van der Waals surface area (Å²) in [5, 5.41) is 37.6. The zero-order valence-corrected chi connectivity index (χ0v) is 13.7. The van der Waals surface area contributed by atoms with Gasteiger partial charge >= 0.3 is 0 Å². The van der Waals surface area contributed by atoms with Crippen LogP contribution in [-0.2, 0) is 0 Å². The SMILES string of the molecule is Cc1ccc([C@H]2[C@@H]3CCCC=C3[C@H](C#N)C(=N)C2(C#N)C#N)s1. The van der Waals surface area contributed by atoms with Gasteiger partial charge in [-0.05, 0) is 49.8 Å². The number of hydrogen-bond donors (Lipinski definition) is 1. The Hall–Kier alpha value is -2.42. The van der Waals surface area contributed by atoms with Crippen molar-refractivity contribution >= 4 is 17.0 Å². The van der Waals surface area contributed by atoms with Crippen molar-refractivity contribution < 1.29 is 0 Å². The molecule has 0 radical (unpaired) electrons. The lowest BCUT2D eigenvalue weighted by atomic mass is 9.54. The van der Waals surface area contributed by atoms with Crippen molar-refractivity contribution in [2.24, 2.45) is 17.3 Å². The molecule has 5 heteroatoms. The Morgan fingerprint density at radius 1 is 1.26 bits per heavy atom. The fraction of sp³-hybridized carbons (Fsp3) is 0.444. The lowest BCUT2D eigenvalue weighted by Crippen LogP contribution is -2.48. The highest BCUT2D eigenvalue weighted by Gasteiger charge is 2.57. The summed E-state index contributed by atoms with van der Waals surface area (Å²) < 4.78 is 0. The predicted octanol–water partition coefficient (Wildman–Crippen LogP) is 4.07. The van der Waals surface area contributed by atoms with Crippen LogP contribution in [0.5, 0.6) is 0 Å². The van der Waals surface area contributed by atoms with E-state index in [2.05, 4.69) is 24.3 Å². The number of nitriles is 3. The van der Waals surface area contributed by atoms with E-state index in [4.69, 9.17) is 5.41 Å². The molecule has 2 aliphatic carbocycles. The van der Waals surface area contributed by atoms with E-state index >= 15 is 0 Å². The fourth-order valence-electron chi connectivity index (χ4n) is 3.94. The number of fused-ring (bicyclic) bond motifs is 1. The van der Waals surface area contributed by atoms with Gasteiger partial charge in [0.1, 0.15) is 5.92 Å². The van der Waals surface area contributed by atoms with Crippen LogP contribution in [0, 0.1) is 63.6 Å². The Morgan fingerprint density at radius 3 is 2.57 bits per heavy atom. The molecule has 23 heavy (non-hydrogen) atoms. The van der Waals surface area contributed by atoms with Crippen LogP contribution < -0.4 is 0 Å². The van der Waals surface area contributed by atoms with Crippen LogP contribution in [0.2, 0.25) is 0 Å². The number of nitrogens with one attached hydrogen (secondary N) is 1. The van der Waals surface area contributed by atoms with Crippen molar-refractivity contribution in [2.75, 3.05) is 0 Å². The van der Waals surface area contributed by atoms with E-state index in [1.54, 1.807) is 11.3 Å². The van der Waals surface area contributed by atoms with Crippen LogP contribution >= 0.6 is 11.3 Å². The smallest absolute Gasteiger partial charge is 0.190 e. The lowest BCUT2D eigenvalue weighted by Gasteiger charge is -2.45.